The average Bonchev–Trinajstić information content (AvgIpc) is 2.52. The van der Waals surface area contributed by atoms with E-state index in [1.807, 2.05) is 12.1 Å². The van der Waals surface area contributed by atoms with Gasteiger partial charge in [0, 0.05) is 30.5 Å². The van der Waals surface area contributed by atoms with Gasteiger partial charge in [-0.25, -0.2) is 0 Å². The highest BCUT2D eigenvalue weighted by atomic mass is 16.5. The minimum absolute atomic E-state index is 0.535. The zero-order valence-corrected chi connectivity index (χ0v) is 14.6. The van der Waals surface area contributed by atoms with Crippen LogP contribution in [-0.4, -0.2) is 19.7 Å². The summed E-state index contributed by atoms with van der Waals surface area (Å²) in [7, 11) is 0. The average molecular weight is 312 g/mol. The van der Waals surface area contributed by atoms with E-state index in [0.717, 1.165) is 31.1 Å². The Kier molecular flexibility index (Phi) is 6.33. The Hall–Kier alpha value is -2.16. The van der Waals surface area contributed by atoms with Gasteiger partial charge < -0.3 is 15.4 Å². The fraction of sp³-hybridized carbons (Fsp3) is 0.400. The van der Waals surface area contributed by atoms with Gasteiger partial charge in [-0.1, -0.05) is 38.1 Å². The molecule has 23 heavy (non-hydrogen) atoms. The first-order valence-corrected chi connectivity index (χ1v) is 8.33. The van der Waals surface area contributed by atoms with Crippen LogP contribution in [0.4, 0.5) is 11.4 Å². The van der Waals surface area contributed by atoms with Crippen molar-refractivity contribution >= 4 is 11.4 Å². The third-order valence-corrected chi connectivity index (χ3v) is 3.65. The highest BCUT2D eigenvalue weighted by molar-refractivity contribution is 5.56. The van der Waals surface area contributed by atoms with Crippen LogP contribution in [0.1, 0.15) is 25.0 Å². The number of aryl methyl sites for hydroxylation is 2. The number of ether oxygens (including phenoxy) is 1. The number of rotatable bonds is 8. The van der Waals surface area contributed by atoms with Gasteiger partial charge >= 0.3 is 0 Å². The monoisotopic (exact) mass is 312 g/mol. The van der Waals surface area contributed by atoms with Crippen molar-refractivity contribution in [3.63, 3.8) is 0 Å². The number of hydrogen-bond acceptors (Lipinski definition) is 3. The van der Waals surface area contributed by atoms with E-state index in [-0.39, 0.29) is 0 Å². The quantitative estimate of drug-likeness (QED) is 0.683. The van der Waals surface area contributed by atoms with Gasteiger partial charge in [-0.2, -0.15) is 0 Å². The molecule has 0 atom stereocenters. The van der Waals surface area contributed by atoms with Crippen LogP contribution >= 0.6 is 0 Å². The smallest absolute Gasteiger partial charge is 0.121 e. The van der Waals surface area contributed by atoms with Crippen molar-refractivity contribution in [3.8, 4) is 5.75 Å². The summed E-state index contributed by atoms with van der Waals surface area (Å²) in [6.07, 6.45) is 0. The SMILES string of the molecule is Cc1cccc(C)c1NCCNc1cccc(OCC(C)C)c1. The van der Waals surface area contributed by atoms with Crippen molar-refractivity contribution in [3.05, 3.63) is 53.6 Å². The van der Waals surface area contributed by atoms with Gasteiger partial charge in [-0.3, -0.25) is 0 Å². The molecule has 2 N–H and O–H groups in total. The molecule has 0 saturated heterocycles. The molecule has 0 radical (unpaired) electrons. The Labute approximate surface area is 140 Å². The highest BCUT2D eigenvalue weighted by Gasteiger charge is 2.01. The first-order valence-electron chi connectivity index (χ1n) is 8.33. The van der Waals surface area contributed by atoms with Crippen LogP contribution in [0, 0.1) is 19.8 Å². The van der Waals surface area contributed by atoms with Gasteiger partial charge in [0.25, 0.3) is 0 Å². The third kappa shape index (κ3) is 5.51. The maximum absolute atomic E-state index is 5.76. The number of nitrogens with one attached hydrogen (secondary N) is 2. The molecular formula is C20H28N2O. The van der Waals surface area contributed by atoms with E-state index in [2.05, 4.69) is 68.7 Å². The fourth-order valence-corrected chi connectivity index (χ4v) is 2.45. The molecule has 124 valence electrons. The van der Waals surface area contributed by atoms with E-state index in [0.29, 0.717) is 5.92 Å². The first kappa shape index (κ1) is 17.2. The number of anilines is 2. The van der Waals surface area contributed by atoms with Gasteiger partial charge in [-0.15, -0.1) is 0 Å². The molecule has 0 spiro atoms. The molecule has 0 aliphatic rings. The van der Waals surface area contributed by atoms with E-state index >= 15 is 0 Å². The van der Waals surface area contributed by atoms with Gasteiger partial charge in [0.1, 0.15) is 5.75 Å². The van der Waals surface area contributed by atoms with E-state index in [1.54, 1.807) is 0 Å². The molecule has 0 aromatic heterocycles. The van der Waals surface area contributed by atoms with Crippen molar-refractivity contribution in [1.82, 2.24) is 0 Å². The van der Waals surface area contributed by atoms with Crippen molar-refractivity contribution in [2.75, 3.05) is 30.3 Å². The molecule has 0 fully saturated rings. The summed E-state index contributed by atoms with van der Waals surface area (Å²) in [6, 6.07) is 14.5. The Morgan fingerprint density at radius 2 is 1.57 bits per heavy atom. The van der Waals surface area contributed by atoms with Crippen LogP contribution in [0.3, 0.4) is 0 Å². The maximum atomic E-state index is 5.76. The Morgan fingerprint density at radius 1 is 0.913 bits per heavy atom. The highest BCUT2D eigenvalue weighted by Crippen LogP contribution is 2.20. The molecule has 0 unspecified atom stereocenters. The van der Waals surface area contributed by atoms with Crippen LogP contribution in [-0.2, 0) is 0 Å². The van der Waals surface area contributed by atoms with Crippen LogP contribution < -0.4 is 15.4 Å². The Balaban J connectivity index is 1.81. The lowest BCUT2D eigenvalue weighted by atomic mass is 10.1. The standard InChI is InChI=1S/C20H28N2O/c1-15(2)14-23-19-10-6-9-18(13-19)21-11-12-22-20-16(3)7-5-8-17(20)4/h5-10,13,15,21-22H,11-12,14H2,1-4H3. The van der Waals surface area contributed by atoms with E-state index in [9.17, 15) is 0 Å². The Morgan fingerprint density at radius 3 is 2.26 bits per heavy atom. The second-order valence-corrected chi connectivity index (χ2v) is 6.35. The second-order valence-electron chi connectivity index (χ2n) is 6.35. The topological polar surface area (TPSA) is 33.3 Å². The summed E-state index contributed by atoms with van der Waals surface area (Å²) in [6.45, 7) is 11.1. The molecule has 0 aliphatic carbocycles. The van der Waals surface area contributed by atoms with Crippen LogP contribution in [0.2, 0.25) is 0 Å². The molecule has 0 saturated carbocycles. The largest absolute Gasteiger partial charge is 0.493 e. The number of hydrogen-bond donors (Lipinski definition) is 2. The molecule has 2 rings (SSSR count). The molecule has 0 bridgehead atoms. The lowest BCUT2D eigenvalue weighted by Crippen LogP contribution is -2.15. The maximum Gasteiger partial charge on any atom is 0.121 e. The number of para-hydroxylation sites is 1. The summed E-state index contributed by atoms with van der Waals surface area (Å²) < 4.78 is 5.76. The minimum Gasteiger partial charge on any atom is -0.493 e. The predicted octanol–water partition coefficient (Wildman–Crippen LogP) is 4.86. The summed E-state index contributed by atoms with van der Waals surface area (Å²) in [5.74, 6) is 1.46. The molecular weight excluding hydrogens is 284 g/mol. The van der Waals surface area contributed by atoms with Crippen molar-refractivity contribution in [1.29, 1.82) is 0 Å². The lowest BCUT2D eigenvalue weighted by Gasteiger charge is -2.14. The predicted molar refractivity (Wildman–Crippen MR) is 99.7 cm³/mol. The summed E-state index contributed by atoms with van der Waals surface area (Å²) in [4.78, 5) is 0. The molecule has 0 heterocycles. The minimum atomic E-state index is 0.535. The molecule has 2 aromatic carbocycles. The van der Waals surface area contributed by atoms with Gasteiger partial charge in [0.15, 0.2) is 0 Å². The fourth-order valence-electron chi connectivity index (χ4n) is 2.45. The van der Waals surface area contributed by atoms with Gasteiger partial charge in [-0.05, 0) is 43.0 Å². The van der Waals surface area contributed by atoms with E-state index < -0.39 is 0 Å². The van der Waals surface area contributed by atoms with Crippen molar-refractivity contribution in [2.45, 2.75) is 27.7 Å². The number of benzene rings is 2. The zero-order chi connectivity index (χ0) is 16.7. The van der Waals surface area contributed by atoms with Gasteiger partial charge in [0.2, 0.25) is 0 Å². The first-order chi connectivity index (χ1) is 11.1. The van der Waals surface area contributed by atoms with Gasteiger partial charge in [0.05, 0.1) is 6.61 Å². The zero-order valence-electron chi connectivity index (χ0n) is 14.6. The Bertz CT molecular complexity index is 603. The van der Waals surface area contributed by atoms with E-state index in [4.69, 9.17) is 4.74 Å². The normalized spacial score (nSPS) is 10.7. The summed E-state index contributed by atoms with van der Waals surface area (Å²) >= 11 is 0. The van der Waals surface area contributed by atoms with Crippen molar-refractivity contribution in [2.24, 2.45) is 5.92 Å². The third-order valence-electron chi connectivity index (χ3n) is 3.65. The molecule has 3 nitrogen and oxygen atoms in total. The van der Waals surface area contributed by atoms with Crippen LogP contribution in [0.15, 0.2) is 42.5 Å². The molecule has 3 heteroatoms. The molecule has 2 aromatic rings. The second kappa shape index (κ2) is 8.47. The van der Waals surface area contributed by atoms with Crippen LogP contribution in [0.25, 0.3) is 0 Å². The lowest BCUT2D eigenvalue weighted by molar-refractivity contribution is 0.271. The van der Waals surface area contributed by atoms with Crippen molar-refractivity contribution < 1.29 is 4.74 Å². The van der Waals surface area contributed by atoms with E-state index in [1.165, 1.54) is 16.8 Å². The summed E-state index contributed by atoms with van der Waals surface area (Å²) in [5.41, 5.74) is 4.90. The molecule has 0 aliphatic heterocycles. The summed E-state index contributed by atoms with van der Waals surface area (Å²) in [5, 5.41) is 6.95. The molecule has 0 amide bonds. The van der Waals surface area contributed by atoms with Crippen LogP contribution in [0.5, 0.6) is 5.75 Å².